The van der Waals surface area contributed by atoms with Crippen LogP contribution >= 0.6 is 23.4 Å². The number of halogens is 1. The first-order valence-corrected chi connectivity index (χ1v) is 8.71. The lowest BCUT2D eigenvalue weighted by molar-refractivity contribution is -0.139. The van der Waals surface area contributed by atoms with Gasteiger partial charge in [-0.1, -0.05) is 35.5 Å². The predicted octanol–water partition coefficient (Wildman–Crippen LogP) is 3.22. The van der Waals surface area contributed by atoms with Gasteiger partial charge >= 0.3 is 5.97 Å². The monoisotopic (exact) mass is 354 g/mol. The van der Waals surface area contributed by atoms with Gasteiger partial charge < -0.3 is 14.6 Å². The molecule has 1 aromatic carbocycles. The van der Waals surface area contributed by atoms with Gasteiger partial charge in [0.25, 0.3) is 0 Å². The highest BCUT2D eigenvalue weighted by Crippen LogP contribution is 2.22. The van der Waals surface area contributed by atoms with Gasteiger partial charge in [-0.3, -0.25) is 4.79 Å². The highest BCUT2D eigenvalue weighted by atomic mass is 35.5. The summed E-state index contributed by atoms with van der Waals surface area (Å²) in [5, 5.41) is 12.9. The lowest BCUT2D eigenvalue weighted by Gasteiger charge is -2.10. The molecule has 23 heavy (non-hydrogen) atoms. The van der Waals surface area contributed by atoms with Crippen LogP contribution < -0.4 is 5.32 Å². The van der Waals surface area contributed by atoms with Crippen LogP contribution in [0.4, 0.5) is 5.69 Å². The van der Waals surface area contributed by atoms with E-state index in [1.165, 1.54) is 11.8 Å². The largest absolute Gasteiger partial charge is 0.465 e. The number of para-hydroxylation sites is 1. The third kappa shape index (κ3) is 4.87. The SMILES string of the molecule is CCOC(=O)CSc1nnc(CNc2ccccc2Cl)n1CC. The molecule has 124 valence electrons. The first kappa shape index (κ1) is 17.6. The van der Waals surface area contributed by atoms with E-state index >= 15 is 0 Å². The van der Waals surface area contributed by atoms with Gasteiger partial charge in [0, 0.05) is 6.54 Å². The molecule has 0 aliphatic heterocycles. The Kier molecular flexibility index (Phi) is 6.73. The van der Waals surface area contributed by atoms with Gasteiger partial charge in [-0.2, -0.15) is 0 Å². The number of nitrogens with one attached hydrogen (secondary N) is 1. The number of esters is 1. The number of thioether (sulfide) groups is 1. The molecule has 0 saturated heterocycles. The molecule has 0 spiro atoms. The average molecular weight is 355 g/mol. The number of hydrogen-bond acceptors (Lipinski definition) is 6. The third-order valence-corrected chi connectivity index (χ3v) is 4.31. The molecule has 2 rings (SSSR count). The zero-order chi connectivity index (χ0) is 16.7. The van der Waals surface area contributed by atoms with Crippen molar-refractivity contribution in [3.05, 3.63) is 35.1 Å². The number of hydrogen-bond donors (Lipinski definition) is 1. The Labute approximate surface area is 144 Å². The summed E-state index contributed by atoms with van der Waals surface area (Å²) in [5.74, 6) is 0.766. The van der Waals surface area contributed by atoms with E-state index in [9.17, 15) is 4.79 Å². The molecule has 0 aliphatic carbocycles. The second-order valence-corrected chi connectivity index (χ2v) is 5.92. The van der Waals surface area contributed by atoms with E-state index in [1.54, 1.807) is 6.92 Å². The fourth-order valence-electron chi connectivity index (χ4n) is 1.98. The summed E-state index contributed by atoms with van der Waals surface area (Å²) < 4.78 is 6.88. The quantitative estimate of drug-likeness (QED) is 0.580. The molecule has 0 unspecified atom stereocenters. The van der Waals surface area contributed by atoms with Gasteiger partial charge in [-0.15, -0.1) is 10.2 Å². The maximum absolute atomic E-state index is 11.4. The molecule has 1 N–H and O–H groups in total. The van der Waals surface area contributed by atoms with Gasteiger partial charge in [-0.25, -0.2) is 0 Å². The second kappa shape index (κ2) is 8.79. The second-order valence-electron chi connectivity index (χ2n) is 4.57. The van der Waals surface area contributed by atoms with Crippen molar-refractivity contribution in [3.8, 4) is 0 Å². The smallest absolute Gasteiger partial charge is 0.316 e. The minimum Gasteiger partial charge on any atom is -0.465 e. The molecule has 8 heteroatoms. The van der Waals surface area contributed by atoms with Crippen LogP contribution in [0.3, 0.4) is 0 Å². The van der Waals surface area contributed by atoms with Crippen LogP contribution in [0.25, 0.3) is 0 Å². The van der Waals surface area contributed by atoms with E-state index in [-0.39, 0.29) is 11.7 Å². The summed E-state index contributed by atoms with van der Waals surface area (Å²) in [4.78, 5) is 11.4. The summed E-state index contributed by atoms with van der Waals surface area (Å²) in [6.45, 7) is 5.40. The topological polar surface area (TPSA) is 69.0 Å². The Morgan fingerprint density at radius 2 is 2.13 bits per heavy atom. The van der Waals surface area contributed by atoms with Gasteiger partial charge in [0.05, 0.1) is 29.6 Å². The molecule has 1 aromatic heterocycles. The summed E-state index contributed by atoms with van der Waals surface area (Å²) in [6.07, 6.45) is 0. The van der Waals surface area contributed by atoms with Gasteiger partial charge in [0.15, 0.2) is 11.0 Å². The van der Waals surface area contributed by atoms with Crippen molar-refractivity contribution < 1.29 is 9.53 Å². The maximum Gasteiger partial charge on any atom is 0.316 e. The molecule has 0 atom stereocenters. The molecule has 0 fully saturated rings. The van der Waals surface area contributed by atoms with Crippen molar-refractivity contribution in [3.63, 3.8) is 0 Å². The number of aromatic nitrogens is 3. The lowest BCUT2D eigenvalue weighted by atomic mass is 10.3. The molecular formula is C15H19ClN4O2S. The van der Waals surface area contributed by atoms with Crippen LogP contribution in [-0.2, 0) is 22.6 Å². The molecule has 1 heterocycles. The number of nitrogens with zero attached hydrogens (tertiary/aromatic N) is 3. The number of benzene rings is 1. The summed E-state index contributed by atoms with van der Waals surface area (Å²) in [5.41, 5.74) is 0.848. The number of rotatable bonds is 8. The van der Waals surface area contributed by atoms with Crippen molar-refractivity contribution in [2.45, 2.75) is 32.1 Å². The van der Waals surface area contributed by atoms with E-state index in [0.717, 1.165) is 18.1 Å². The molecule has 0 radical (unpaired) electrons. The van der Waals surface area contributed by atoms with Crippen LogP contribution in [-0.4, -0.2) is 33.1 Å². The highest BCUT2D eigenvalue weighted by molar-refractivity contribution is 7.99. The maximum atomic E-state index is 11.4. The Morgan fingerprint density at radius 1 is 1.35 bits per heavy atom. The van der Waals surface area contributed by atoms with Crippen molar-refractivity contribution in [1.82, 2.24) is 14.8 Å². The molecule has 0 amide bonds. The van der Waals surface area contributed by atoms with E-state index in [0.29, 0.717) is 23.3 Å². The third-order valence-electron chi connectivity index (χ3n) is 3.04. The fourth-order valence-corrected chi connectivity index (χ4v) is 3.00. The van der Waals surface area contributed by atoms with Crippen molar-refractivity contribution in [2.75, 3.05) is 17.7 Å². The number of carbonyl (C=O) groups is 1. The Bertz CT molecular complexity index is 663. The van der Waals surface area contributed by atoms with E-state index in [1.807, 2.05) is 35.8 Å². The van der Waals surface area contributed by atoms with Crippen molar-refractivity contribution >= 4 is 35.0 Å². The van der Waals surface area contributed by atoms with Crippen molar-refractivity contribution in [2.24, 2.45) is 0 Å². The molecular weight excluding hydrogens is 336 g/mol. The predicted molar refractivity (Wildman–Crippen MR) is 91.8 cm³/mol. The van der Waals surface area contributed by atoms with Gasteiger partial charge in [0.1, 0.15) is 0 Å². The fraction of sp³-hybridized carbons (Fsp3) is 0.400. The first-order valence-electron chi connectivity index (χ1n) is 7.34. The average Bonchev–Trinajstić information content (AvgIpc) is 2.94. The van der Waals surface area contributed by atoms with Crippen molar-refractivity contribution in [1.29, 1.82) is 0 Å². The number of ether oxygens (including phenoxy) is 1. The summed E-state index contributed by atoms with van der Waals surface area (Å²) in [7, 11) is 0. The Balaban J connectivity index is 2.00. The van der Waals surface area contributed by atoms with Gasteiger partial charge in [0.2, 0.25) is 0 Å². The molecule has 0 saturated carbocycles. The molecule has 6 nitrogen and oxygen atoms in total. The minimum atomic E-state index is -0.251. The van der Waals surface area contributed by atoms with E-state index in [4.69, 9.17) is 16.3 Å². The standard InChI is InChI=1S/C15H19ClN4O2S/c1-3-20-13(9-17-12-8-6-5-7-11(12)16)18-19-15(20)23-10-14(21)22-4-2/h5-8,17H,3-4,9-10H2,1-2H3. The Morgan fingerprint density at radius 3 is 2.83 bits per heavy atom. The highest BCUT2D eigenvalue weighted by Gasteiger charge is 2.13. The van der Waals surface area contributed by atoms with Crippen LogP contribution in [0.15, 0.2) is 29.4 Å². The molecule has 2 aromatic rings. The normalized spacial score (nSPS) is 10.6. The summed E-state index contributed by atoms with van der Waals surface area (Å²) in [6, 6.07) is 7.53. The Hall–Kier alpha value is -1.73. The van der Waals surface area contributed by atoms with E-state index < -0.39 is 0 Å². The zero-order valence-corrected chi connectivity index (χ0v) is 14.7. The van der Waals surface area contributed by atoms with Crippen LogP contribution in [0.5, 0.6) is 0 Å². The van der Waals surface area contributed by atoms with Crippen LogP contribution in [0, 0.1) is 0 Å². The summed E-state index contributed by atoms with van der Waals surface area (Å²) >= 11 is 7.45. The van der Waals surface area contributed by atoms with Gasteiger partial charge in [-0.05, 0) is 26.0 Å². The van der Waals surface area contributed by atoms with Crippen LogP contribution in [0.1, 0.15) is 19.7 Å². The molecule has 0 aliphatic rings. The lowest BCUT2D eigenvalue weighted by Crippen LogP contribution is -2.10. The first-order chi connectivity index (χ1) is 11.2. The van der Waals surface area contributed by atoms with E-state index in [2.05, 4.69) is 15.5 Å². The zero-order valence-electron chi connectivity index (χ0n) is 13.1. The van der Waals surface area contributed by atoms with Crippen LogP contribution in [0.2, 0.25) is 5.02 Å². The molecule has 0 bridgehead atoms. The number of carbonyl (C=O) groups excluding carboxylic acids is 1. The number of anilines is 1. The minimum absolute atomic E-state index is 0.226.